The van der Waals surface area contributed by atoms with E-state index in [1.807, 2.05) is 0 Å². The number of aliphatic carboxylic acids is 1. The van der Waals surface area contributed by atoms with Crippen molar-refractivity contribution in [1.29, 1.82) is 0 Å². The lowest BCUT2D eigenvalue weighted by Crippen LogP contribution is -2.28. The zero-order chi connectivity index (χ0) is 21.4. The van der Waals surface area contributed by atoms with E-state index in [1.165, 1.54) is 0 Å². The van der Waals surface area contributed by atoms with Crippen LogP contribution in [0, 0.1) is 11.3 Å². The number of hydrogen-bond donors (Lipinski definition) is 3. The minimum atomic E-state index is -3.45. The molecule has 3 atom stereocenters. The van der Waals surface area contributed by atoms with Gasteiger partial charge in [0, 0.05) is 6.42 Å². The van der Waals surface area contributed by atoms with Crippen LogP contribution in [0.2, 0.25) is 0 Å². The molecule has 3 N–H and O–H groups in total. The van der Waals surface area contributed by atoms with Gasteiger partial charge in [-0.25, -0.2) is 8.42 Å². The van der Waals surface area contributed by atoms with Crippen molar-refractivity contribution < 1.29 is 28.5 Å². The van der Waals surface area contributed by atoms with Crippen LogP contribution in [0.25, 0.3) is 0 Å². The molecule has 0 amide bonds. The molecule has 0 spiro atoms. The Hall–Kier alpha value is -1.08. The highest BCUT2D eigenvalue weighted by molar-refractivity contribution is 7.92. The summed E-state index contributed by atoms with van der Waals surface area (Å²) in [5.41, 5.74) is 0.0199. The normalized spacial score (nSPS) is 25.1. The van der Waals surface area contributed by atoms with Crippen molar-refractivity contribution in [3.05, 3.63) is 11.8 Å². The molecular weight excluding hydrogens is 380 g/mol. The third-order valence-corrected chi connectivity index (χ3v) is 7.98. The zero-order valence-electron chi connectivity index (χ0n) is 17.6. The highest BCUT2D eigenvalue weighted by atomic mass is 32.2. The second-order valence-corrected chi connectivity index (χ2v) is 11.2. The standard InChI is InChI=1S/C21H38O6S/c1-4-5-13-21(2,3)14-12-16(22)20-17(23)15-28(26,27)18(20)10-8-6-7-9-11-19(24)25/h12,17-18,20,22-23H,4-11,13-15H2,1-3H3,(H,24,25)/b16-12+/t17-,18-,20-/m0/s1. The lowest BCUT2D eigenvalue weighted by atomic mass is 9.82. The Kier molecular flexibility index (Phi) is 9.98. The van der Waals surface area contributed by atoms with Gasteiger partial charge < -0.3 is 15.3 Å². The summed E-state index contributed by atoms with van der Waals surface area (Å²) in [6.07, 6.45) is 7.72. The smallest absolute Gasteiger partial charge is 0.303 e. The third-order valence-electron chi connectivity index (χ3n) is 5.72. The minimum absolute atomic E-state index is 0.00553. The summed E-state index contributed by atoms with van der Waals surface area (Å²) in [6, 6.07) is 0. The molecule has 164 valence electrons. The summed E-state index contributed by atoms with van der Waals surface area (Å²) in [5, 5.41) is 28.8. The van der Waals surface area contributed by atoms with E-state index in [4.69, 9.17) is 5.11 Å². The van der Waals surface area contributed by atoms with Crippen LogP contribution in [0.5, 0.6) is 0 Å². The van der Waals surface area contributed by atoms with Crippen LogP contribution >= 0.6 is 0 Å². The molecule has 1 heterocycles. The Bertz CT molecular complexity index is 623. The summed E-state index contributed by atoms with van der Waals surface area (Å²) in [5.74, 6) is -1.89. The van der Waals surface area contributed by atoms with Crippen LogP contribution < -0.4 is 0 Å². The van der Waals surface area contributed by atoms with E-state index in [2.05, 4.69) is 20.8 Å². The van der Waals surface area contributed by atoms with Crippen LogP contribution in [-0.4, -0.2) is 46.8 Å². The number of sulfone groups is 1. The van der Waals surface area contributed by atoms with Gasteiger partial charge in [-0.05, 0) is 37.2 Å². The first-order valence-electron chi connectivity index (χ1n) is 10.5. The SMILES string of the molecule is CCCCC(C)(C)C/C=C(/O)[C@H]1[C@@H](O)CS(=O)(=O)[C@H]1CCCCCCC(=O)O. The monoisotopic (exact) mass is 418 g/mol. The van der Waals surface area contributed by atoms with Crippen molar-refractivity contribution in [3.63, 3.8) is 0 Å². The number of allylic oxidation sites excluding steroid dienone is 1. The van der Waals surface area contributed by atoms with E-state index >= 15 is 0 Å². The van der Waals surface area contributed by atoms with Crippen molar-refractivity contribution in [2.24, 2.45) is 11.3 Å². The Morgan fingerprint density at radius 3 is 2.36 bits per heavy atom. The average molecular weight is 419 g/mol. The molecule has 1 aliphatic rings. The van der Waals surface area contributed by atoms with Gasteiger partial charge in [0.1, 0.15) is 0 Å². The second-order valence-electron chi connectivity index (χ2n) is 8.91. The number of carboxylic acid groups (broad SMARTS) is 1. The number of aliphatic hydroxyl groups is 2. The molecule has 0 aliphatic carbocycles. The van der Waals surface area contributed by atoms with Crippen molar-refractivity contribution in [2.75, 3.05) is 5.75 Å². The molecular formula is C21H38O6S. The van der Waals surface area contributed by atoms with Crippen LogP contribution in [-0.2, 0) is 14.6 Å². The molecule has 1 aliphatic heterocycles. The first kappa shape index (κ1) is 25.0. The van der Waals surface area contributed by atoms with Crippen LogP contribution in [0.4, 0.5) is 0 Å². The molecule has 6 nitrogen and oxygen atoms in total. The van der Waals surface area contributed by atoms with Crippen LogP contribution in [0.15, 0.2) is 11.8 Å². The molecule has 28 heavy (non-hydrogen) atoms. The lowest BCUT2D eigenvalue weighted by Gasteiger charge is -2.24. The molecule has 0 radical (unpaired) electrons. The Morgan fingerprint density at radius 2 is 1.75 bits per heavy atom. The fraction of sp³-hybridized carbons (Fsp3) is 0.857. The summed E-state index contributed by atoms with van der Waals surface area (Å²) in [7, 11) is -3.45. The topological polar surface area (TPSA) is 112 Å². The Morgan fingerprint density at radius 1 is 1.11 bits per heavy atom. The summed E-state index contributed by atoms with van der Waals surface area (Å²) in [6.45, 7) is 6.39. The van der Waals surface area contributed by atoms with Crippen LogP contribution in [0.3, 0.4) is 0 Å². The molecule has 7 heteroatoms. The van der Waals surface area contributed by atoms with Gasteiger partial charge in [0.15, 0.2) is 9.84 Å². The molecule has 0 aromatic heterocycles. The van der Waals surface area contributed by atoms with Crippen molar-refractivity contribution in [1.82, 2.24) is 0 Å². The van der Waals surface area contributed by atoms with E-state index in [-0.39, 0.29) is 23.3 Å². The molecule has 1 saturated heterocycles. The molecule has 1 rings (SSSR count). The quantitative estimate of drug-likeness (QED) is 0.305. The average Bonchev–Trinajstić information content (AvgIpc) is 2.82. The van der Waals surface area contributed by atoms with Gasteiger partial charge >= 0.3 is 5.97 Å². The number of aliphatic hydroxyl groups excluding tert-OH is 2. The van der Waals surface area contributed by atoms with Gasteiger partial charge in [0.2, 0.25) is 0 Å². The van der Waals surface area contributed by atoms with Gasteiger partial charge in [-0.15, -0.1) is 0 Å². The van der Waals surface area contributed by atoms with Gasteiger partial charge in [0.05, 0.1) is 28.8 Å². The lowest BCUT2D eigenvalue weighted by molar-refractivity contribution is -0.137. The summed E-state index contributed by atoms with van der Waals surface area (Å²) in [4.78, 5) is 10.5. The van der Waals surface area contributed by atoms with E-state index in [0.29, 0.717) is 25.7 Å². The maximum atomic E-state index is 12.5. The maximum Gasteiger partial charge on any atom is 0.303 e. The van der Waals surface area contributed by atoms with E-state index < -0.39 is 33.1 Å². The van der Waals surface area contributed by atoms with Crippen LogP contribution in [0.1, 0.15) is 85.0 Å². The van der Waals surface area contributed by atoms with Crippen molar-refractivity contribution in [2.45, 2.75) is 96.3 Å². The fourth-order valence-electron chi connectivity index (χ4n) is 3.93. The largest absolute Gasteiger partial charge is 0.512 e. The first-order valence-corrected chi connectivity index (χ1v) is 12.2. The third kappa shape index (κ3) is 8.11. The molecule has 0 saturated carbocycles. The summed E-state index contributed by atoms with van der Waals surface area (Å²) < 4.78 is 24.9. The Labute approximate surface area is 170 Å². The molecule has 1 fully saturated rings. The van der Waals surface area contributed by atoms with E-state index in [0.717, 1.165) is 32.1 Å². The number of carbonyl (C=O) groups is 1. The predicted molar refractivity (Wildman–Crippen MR) is 111 cm³/mol. The first-order chi connectivity index (χ1) is 13.0. The van der Waals surface area contributed by atoms with E-state index in [9.17, 15) is 23.4 Å². The van der Waals surface area contributed by atoms with Gasteiger partial charge in [0.25, 0.3) is 0 Å². The number of carboxylic acids is 1. The molecule has 0 aromatic rings. The highest BCUT2D eigenvalue weighted by Crippen LogP contribution is 2.37. The summed E-state index contributed by atoms with van der Waals surface area (Å²) >= 11 is 0. The van der Waals surface area contributed by atoms with Gasteiger partial charge in [-0.3, -0.25) is 4.79 Å². The zero-order valence-corrected chi connectivity index (χ0v) is 18.4. The Balaban J connectivity index is 2.70. The van der Waals surface area contributed by atoms with Gasteiger partial charge in [-0.2, -0.15) is 0 Å². The fourth-order valence-corrected chi connectivity index (χ4v) is 6.16. The molecule has 0 bridgehead atoms. The number of rotatable bonds is 13. The maximum absolute atomic E-state index is 12.5. The number of hydrogen-bond acceptors (Lipinski definition) is 5. The van der Waals surface area contributed by atoms with Crippen molar-refractivity contribution in [3.8, 4) is 0 Å². The second kappa shape index (κ2) is 11.2. The predicted octanol–water partition coefficient (Wildman–Crippen LogP) is 4.23. The van der Waals surface area contributed by atoms with Gasteiger partial charge in [-0.1, -0.05) is 52.9 Å². The van der Waals surface area contributed by atoms with E-state index in [1.54, 1.807) is 6.08 Å². The molecule has 0 aromatic carbocycles. The highest BCUT2D eigenvalue weighted by Gasteiger charge is 2.48. The number of unbranched alkanes of at least 4 members (excludes halogenated alkanes) is 4. The minimum Gasteiger partial charge on any atom is -0.512 e. The van der Waals surface area contributed by atoms with Crippen molar-refractivity contribution >= 4 is 15.8 Å². The molecule has 0 unspecified atom stereocenters.